The number of para-hydroxylation sites is 1. The van der Waals surface area contributed by atoms with Gasteiger partial charge in [-0.25, -0.2) is 4.99 Å². The lowest BCUT2D eigenvalue weighted by molar-refractivity contribution is -0.00000368. The highest BCUT2D eigenvalue weighted by atomic mass is 35.5. The topological polar surface area (TPSA) is 103 Å². The Balaban J connectivity index is 0.00000225. The summed E-state index contributed by atoms with van der Waals surface area (Å²) < 4.78 is 0. The highest BCUT2D eigenvalue weighted by molar-refractivity contribution is 7.98. The van der Waals surface area contributed by atoms with E-state index in [1.807, 2.05) is 30.5 Å². The molecule has 0 saturated heterocycles. The van der Waals surface area contributed by atoms with E-state index in [2.05, 4.69) is 9.98 Å². The lowest BCUT2D eigenvalue weighted by atomic mass is 10.3. The summed E-state index contributed by atoms with van der Waals surface area (Å²) in [5, 5.41) is 0. The van der Waals surface area contributed by atoms with Crippen LogP contribution in [0.1, 0.15) is 0 Å². The zero-order valence-electron chi connectivity index (χ0n) is 8.72. The Labute approximate surface area is 105 Å². The van der Waals surface area contributed by atoms with Crippen molar-refractivity contribution in [2.75, 3.05) is 6.26 Å². The van der Waals surface area contributed by atoms with Gasteiger partial charge >= 0.3 is 0 Å². The summed E-state index contributed by atoms with van der Waals surface area (Å²) in [6, 6.07) is 7.61. The third kappa shape index (κ3) is 4.41. The molecule has 1 aromatic rings. The van der Waals surface area contributed by atoms with Crippen molar-refractivity contribution in [2.24, 2.45) is 27.2 Å². The Morgan fingerprint density at radius 3 is 2.38 bits per heavy atom. The van der Waals surface area contributed by atoms with Gasteiger partial charge < -0.3 is 29.6 Å². The van der Waals surface area contributed by atoms with Crippen molar-refractivity contribution in [1.29, 1.82) is 0 Å². The maximum Gasteiger partial charge on any atom is 0.223 e. The highest BCUT2D eigenvalue weighted by Gasteiger charge is 1.99. The predicted molar refractivity (Wildman–Crippen MR) is 65.3 cm³/mol. The van der Waals surface area contributed by atoms with Gasteiger partial charge in [-0.15, -0.1) is 11.8 Å². The van der Waals surface area contributed by atoms with Crippen molar-refractivity contribution in [3.05, 3.63) is 24.3 Å². The molecule has 0 aromatic heterocycles. The van der Waals surface area contributed by atoms with Crippen molar-refractivity contribution >= 4 is 29.4 Å². The first kappa shape index (κ1) is 14.6. The molecule has 0 spiro atoms. The van der Waals surface area contributed by atoms with Crippen LogP contribution in [0.5, 0.6) is 0 Å². The molecule has 1 aromatic carbocycles. The molecule has 0 unspecified atom stereocenters. The van der Waals surface area contributed by atoms with Crippen molar-refractivity contribution in [3.8, 4) is 0 Å². The number of guanidine groups is 2. The number of nitrogens with two attached hydrogens (primary N) is 3. The number of benzene rings is 1. The lowest BCUT2D eigenvalue weighted by Gasteiger charge is -2.01. The first-order valence-corrected chi connectivity index (χ1v) is 5.42. The van der Waals surface area contributed by atoms with Gasteiger partial charge in [0.05, 0.1) is 5.69 Å². The average molecular weight is 259 g/mol. The third-order valence-electron chi connectivity index (χ3n) is 1.56. The molecule has 0 aliphatic carbocycles. The van der Waals surface area contributed by atoms with Gasteiger partial charge in [0.25, 0.3) is 0 Å². The predicted octanol–water partition coefficient (Wildman–Crippen LogP) is -2.37. The molecule has 0 bridgehead atoms. The van der Waals surface area contributed by atoms with Crippen molar-refractivity contribution in [3.63, 3.8) is 0 Å². The minimum atomic E-state index is -0.0992. The molecule has 88 valence electrons. The molecule has 16 heavy (non-hydrogen) atoms. The molecule has 0 aliphatic heterocycles. The summed E-state index contributed by atoms with van der Waals surface area (Å²) in [7, 11) is 0. The number of thioether (sulfide) groups is 1. The third-order valence-corrected chi connectivity index (χ3v) is 2.35. The van der Waals surface area contributed by atoms with E-state index in [1.165, 1.54) is 0 Å². The number of rotatable bonds is 2. The van der Waals surface area contributed by atoms with Crippen LogP contribution in [-0.4, -0.2) is 18.2 Å². The van der Waals surface area contributed by atoms with Crippen LogP contribution in [0.15, 0.2) is 39.1 Å². The molecule has 6 N–H and O–H groups in total. The van der Waals surface area contributed by atoms with E-state index in [9.17, 15) is 0 Å². The monoisotopic (exact) mass is 258 g/mol. The first-order valence-electron chi connectivity index (χ1n) is 4.20. The van der Waals surface area contributed by atoms with E-state index in [-0.39, 0.29) is 24.3 Å². The minimum Gasteiger partial charge on any atom is -1.00 e. The minimum absolute atomic E-state index is 0. The van der Waals surface area contributed by atoms with E-state index >= 15 is 0 Å². The number of hydrogen-bond donors (Lipinski definition) is 3. The van der Waals surface area contributed by atoms with Gasteiger partial charge in [0.2, 0.25) is 5.96 Å². The molecular formula is C9H13ClN5S-. The van der Waals surface area contributed by atoms with Crippen LogP contribution in [0.3, 0.4) is 0 Å². The number of nitrogens with zero attached hydrogens (tertiary/aromatic N) is 2. The Bertz CT molecular complexity index is 401. The molecule has 0 saturated carbocycles. The Morgan fingerprint density at radius 1 is 1.19 bits per heavy atom. The van der Waals surface area contributed by atoms with Gasteiger partial charge in [-0.05, 0) is 18.4 Å². The van der Waals surface area contributed by atoms with Crippen molar-refractivity contribution < 1.29 is 12.4 Å². The fraction of sp³-hybridized carbons (Fsp3) is 0.111. The standard InChI is InChI=1S/C9H13N5S.ClH/c1-15-7-5-3-2-4-6(7)13-9(12)14-8(10)11;/h2-5H,1H3,(H6,10,11,12,13,14);1H/p-1. The zero-order valence-corrected chi connectivity index (χ0v) is 10.3. The Morgan fingerprint density at radius 2 is 1.81 bits per heavy atom. The molecule has 0 aliphatic rings. The number of halogens is 1. The molecule has 0 radical (unpaired) electrons. The van der Waals surface area contributed by atoms with Crippen molar-refractivity contribution in [2.45, 2.75) is 4.90 Å². The van der Waals surface area contributed by atoms with Gasteiger partial charge in [-0.2, -0.15) is 4.99 Å². The summed E-state index contributed by atoms with van der Waals surface area (Å²) in [5.74, 6) is -0.0469. The van der Waals surface area contributed by atoms with Crippen LogP contribution in [0, 0.1) is 0 Å². The fourth-order valence-electron chi connectivity index (χ4n) is 1.00. The fourth-order valence-corrected chi connectivity index (χ4v) is 1.54. The molecule has 0 fully saturated rings. The van der Waals surface area contributed by atoms with Crippen LogP contribution < -0.4 is 29.6 Å². The molecule has 0 heterocycles. The van der Waals surface area contributed by atoms with Gasteiger partial charge in [0.15, 0.2) is 5.96 Å². The second-order valence-corrected chi connectivity index (χ2v) is 3.53. The highest BCUT2D eigenvalue weighted by Crippen LogP contribution is 2.27. The second-order valence-electron chi connectivity index (χ2n) is 2.68. The molecule has 5 nitrogen and oxygen atoms in total. The SMILES string of the molecule is CSc1ccccc1N=C(N)N=C(N)N.[Cl-]. The van der Waals surface area contributed by atoms with E-state index in [0.717, 1.165) is 10.6 Å². The maximum atomic E-state index is 5.52. The summed E-state index contributed by atoms with van der Waals surface area (Å²) in [4.78, 5) is 8.75. The molecule has 0 amide bonds. The van der Waals surface area contributed by atoms with Crippen LogP contribution in [-0.2, 0) is 0 Å². The smallest absolute Gasteiger partial charge is 0.223 e. The summed E-state index contributed by atoms with van der Waals surface area (Å²) in [5.41, 5.74) is 16.6. The Kier molecular flexibility index (Phi) is 6.36. The average Bonchev–Trinajstić information content (AvgIpc) is 2.17. The molecule has 7 heteroatoms. The summed E-state index contributed by atoms with van der Waals surface area (Å²) in [6.07, 6.45) is 1.96. The second kappa shape index (κ2) is 6.97. The molecular weight excluding hydrogens is 246 g/mol. The zero-order chi connectivity index (χ0) is 11.3. The number of hydrogen-bond acceptors (Lipinski definition) is 2. The summed E-state index contributed by atoms with van der Waals surface area (Å²) >= 11 is 1.58. The summed E-state index contributed by atoms with van der Waals surface area (Å²) in [6.45, 7) is 0. The van der Waals surface area contributed by atoms with Crippen LogP contribution in [0.2, 0.25) is 0 Å². The maximum absolute atomic E-state index is 5.52. The van der Waals surface area contributed by atoms with Gasteiger partial charge in [0, 0.05) is 4.90 Å². The van der Waals surface area contributed by atoms with Crippen LogP contribution in [0.4, 0.5) is 5.69 Å². The number of aliphatic imine (C=N–C) groups is 2. The quantitative estimate of drug-likeness (QED) is 0.313. The lowest BCUT2D eigenvalue weighted by Crippen LogP contribution is -3.00. The largest absolute Gasteiger partial charge is 1.00 e. The first-order chi connectivity index (χ1) is 7.13. The van der Waals surface area contributed by atoms with Crippen LogP contribution in [0.25, 0.3) is 0 Å². The van der Waals surface area contributed by atoms with Crippen molar-refractivity contribution in [1.82, 2.24) is 0 Å². The van der Waals surface area contributed by atoms with Gasteiger partial charge in [0.1, 0.15) is 0 Å². The molecule has 1 rings (SSSR count). The van der Waals surface area contributed by atoms with E-state index in [1.54, 1.807) is 11.8 Å². The van der Waals surface area contributed by atoms with Crippen LogP contribution >= 0.6 is 11.8 Å². The van der Waals surface area contributed by atoms with E-state index in [4.69, 9.17) is 17.2 Å². The normalized spacial score (nSPS) is 10.4. The van der Waals surface area contributed by atoms with Gasteiger partial charge in [-0.1, -0.05) is 12.1 Å². The Hall–Kier alpha value is -1.40. The van der Waals surface area contributed by atoms with E-state index in [0.29, 0.717) is 0 Å². The van der Waals surface area contributed by atoms with Gasteiger partial charge in [-0.3, -0.25) is 0 Å². The molecule has 0 atom stereocenters. The van der Waals surface area contributed by atoms with E-state index < -0.39 is 0 Å².